The van der Waals surface area contributed by atoms with E-state index in [1.807, 2.05) is 0 Å². The zero-order valence-electron chi connectivity index (χ0n) is 11.5. The third-order valence-electron chi connectivity index (χ3n) is 2.98. The standard InChI is InChI=1S/C13H17FN2O4/c1-4-13(2,11(17)18)16-12(19)15-8-5-6-10(20-3)9(14)7-8/h5-7H,4H2,1-3H3,(H,17,18)(H2,15,16,19). The number of urea groups is 1. The van der Waals surface area contributed by atoms with E-state index in [1.54, 1.807) is 6.92 Å². The lowest BCUT2D eigenvalue weighted by Crippen LogP contribution is -2.53. The van der Waals surface area contributed by atoms with Gasteiger partial charge in [-0.3, -0.25) is 0 Å². The van der Waals surface area contributed by atoms with Gasteiger partial charge in [0.1, 0.15) is 5.54 Å². The predicted molar refractivity (Wildman–Crippen MR) is 71.4 cm³/mol. The van der Waals surface area contributed by atoms with Crippen molar-refractivity contribution in [2.24, 2.45) is 0 Å². The molecule has 1 aromatic carbocycles. The molecule has 0 aliphatic heterocycles. The Labute approximate surface area is 115 Å². The monoisotopic (exact) mass is 284 g/mol. The zero-order valence-corrected chi connectivity index (χ0v) is 11.5. The van der Waals surface area contributed by atoms with Crippen LogP contribution in [0.4, 0.5) is 14.9 Å². The predicted octanol–water partition coefficient (Wildman–Crippen LogP) is 2.21. The number of ether oxygens (including phenoxy) is 1. The SMILES string of the molecule is CCC(C)(NC(=O)Nc1ccc(OC)c(F)c1)C(=O)O. The molecule has 2 amide bonds. The van der Waals surface area contributed by atoms with Gasteiger partial charge in [-0.1, -0.05) is 6.92 Å². The fourth-order valence-corrected chi connectivity index (χ4v) is 1.45. The molecular formula is C13H17FN2O4. The lowest BCUT2D eigenvalue weighted by Gasteiger charge is -2.24. The second-order valence-corrected chi connectivity index (χ2v) is 4.42. The first-order chi connectivity index (χ1) is 9.32. The molecule has 0 bridgehead atoms. The van der Waals surface area contributed by atoms with Crippen LogP contribution in [0.2, 0.25) is 0 Å². The quantitative estimate of drug-likeness (QED) is 0.773. The highest BCUT2D eigenvalue weighted by atomic mass is 19.1. The van der Waals surface area contributed by atoms with E-state index in [0.29, 0.717) is 0 Å². The number of anilines is 1. The molecule has 0 spiro atoms. The molecule has 1 atom stereocenters. The van der Waals surface area contributed by atoms with E-state index in [-0.39, 0.29) is 17.9 Å². The van der Waals surface area contributed by atoms with Crippen LogP contribution in [-0.2, 0) is 4.79 Å². The molecule has 0 aliphatic carbocycles. The van der Waals surface area contributed by atoms with Gasteiger partial charge in [0.25, 0.3) is 0 Å². The maximum atomic E-state index is 13.4. The molecule has 3 N–H and O–H groups in total. The van der Waals surface area contributed by atoms with Crippen molar-refractivity contribution in [1.29, 1.82) is 0 Å². The van der Waals surface area contributed by atoms with Gasteiger partial charge < -0.3 is 20.5 Å². The molecule has 0 aliphatic rings. The summed E-state index contributed by atoms with van der Waals surface area (Å²) in [6, 6.07) is 3.18. The van der Waals surface area contributed by atoms with Crippen LogP contribution < -0.4 is 15.4 Å². The van der Waals surface area contributed by atoms with E-state index in [9.17, 15) is 14.0 Å². The first-order valence-electron chi connectivity index (χ1n) is 5.98. The van der Waals surface area contributed by atoms with Crippen LogP contribution in [0.3, 0.4) is 0 Å². The Morgan fingerprint density at radius 2 is 2.10 bits per heavy atom. The largest absolute Gasteiger partial charge is 0.494 e. The minimum absolute atomic E-state index is 0.0555. The molecule has 0 fully saturated rings. The van der Waals surface area contributed by atoms with Gasteiger partial charge in [0.05, 0.1) is 7.11 Å². The Morgan fingerprint density at radius 3 is 2.55 bits per heavy atom. The number of benzene rings is 1. The van der Waals surface area contributed by atoms with E-state index in [4.69, 9.17) is 9.84 Å². The molecule has 1 unspecified atom stereocenters. The molecule has 1 rings (SSSR count). The van der Waals surface area contributed by atoms with Crippen molar-refractivity contribution in [3.63, 3.8) is 0 Å². The van der Waals surface area contributed by atoms with Crippen molar-refractivity contribution in [2.45, 2.75) is 25.8 Å². The average molecular weight is 284 g/mol. The molecule has 6 nitrogen and oxygen atoms in total. The van der Waals surface area contributed by atoms with Crippen molar-refractivity contribution in [2.75, 3.05) is 12.4 Å². The number of carboxylic acid groups (broad SMARTS) is 1. The van der Waals surface area contributed by atoms with Crippen molar-refractivity contribution in [3.8, 4) is 5.75 Å². The lowest BCUT2D eigenvalue weighted by molar-refractivity contribution is -0.143. The Bertz CT molecular complexity index is 521. The van der Waals surface area contributed by atoms with E-state index < -0.39 is 23.4 Å². The number of nitrogens with one attached hydrogen (secondary N) is 2. The summed E-state index contributed by atoms with van der Waals surface area (Å²) in [6.45, 7) is 3.03. The number of hydrogen-bond donors (Lipinski definition) is 3. The van der Waals surface area contributed by atoms with Gasteiger partial charge in [-0.15, -0.1) is 0 Å². The maximum absolute atomic E-state index is 13.4. The number of halogens is 1. The number of hydrogen-bond acceptors (Lipinski definition) is 3. The highest BCUT2D eigenvalue weighted by Crippen LogP contribution is 2.20. The molecule has 0 saturated carbocycles. The summed E-state index contributed by atoms with van der Waals surface area (Å²) >= 11 is 0. The van der Waals surface area contributed by atoms with Crippen molar-refractivity contribution < 1.29 is 23.8 Å². The van der Waals surface area contributed by atoms with Crippen molar-refractivity contribution in [3.05, 3.63) is 24.0 Å². The number of carbonyl (C=O) groups is 2. The summed E-state index contributed by atoms with van der Waals surface area (Å²) < 4.78 is 18.2. The van der Waals surface area contributed by atoms with Crippen LogP contribution in [-0.4, -0.2) is 29.8 Å². The highest BCUT2D eigenvalue weighted by Gasteiger charge is 2.32. The third-order valence-corrected chi connectivity index (χ3v) is 2.98. The zero-order chi connectivity index (χ0) is 15.3. The number of rotatable bonds is 5. The summed E-state index contributed by atoms with van der Waals surface area (Å²) in [7, 11) is 1.33. The van der Waals surface area contributed by atoms with Gasteiger partial charge in [0.2, 0.25) is 0 Å². The molecule has 1 aromatic rings. The Balaban J connectivity index is 2.76. The second-order valence-electron chi connectivity index (χ2n) is 4.42. The van der Waals surface area contributed by atoms with Crippen molar-refractivity contribution >= 4 is 17.7 Å². The normalized spacial score (nSPS) is 13.2. The van der Waals surface area contributed by atoms with Crippen LogP contribution in [0, 0.1) is 5.82 Å². The number of carboxylic acids is 1. The van der Waals surface area contributed by atoms with Gasteiger partial charge in [-0.25, -0.2) is 14.0 Å². The van der Waals surface area contributed by atoms with Gasteiger partial charge in [0, 0.05) is 11.8 Å². The molecule has 110 valence electrons. The topological polar surface area (TPSA) is 87.7 Å². The smallest absolute Gasteiger partial charge is 0.329 e. The molecular weight excluding hydrogens is 267 g/mol. The molecule has 7 heteroatoms. The molecule has 0 radical (unpaired) electrons. The molecule has 0 saturated heterocycles. The van der Waals surface area contributed by atoms with Gasteiger partial charge in [-0.2, -0.15) is 0 Å². The van der Waals surface area contributed by atoms with Crippen LogP contribution in [0.15, 0.2) is 18.2 Å². The Kier molecular flexibility index (Phi) is 4.90. The number of carbonyl (C=O) groups excluding carboxylic acids is 1. The number of aliphatic carboxylic acids is 1. The first kappa shape index (κ1) is 15.7. The van der Waals surface area contributed by atoms with Crippen LogP contribution in [0.5, 0.6) is 5.75 Å². The molecule has 20 heavy (non-hydrogen) atoms. The fraction of sp³-hybridized carbons (Fsp3) is 0.385. The molecule has 0 aromatic heterocycles. The average Bonchev–Trinajstić information content (AvgIpc) is 2.38. The molecule has 0 heterocycles. The second kappa shape index (κ2) is 6.23. The van der Waals surface area contributed by atoms with E-state index in [1.165, 1.54) is 26.2 Å². The number of methoxy groups -OCH3 is 1. The third kappa shape index (κ3) is 3.59. The van der Waals surface area contributed by atoms with E-state index in [2.05, 4.69) is 10.6 Å². The number of amides is 2. The van der Waals surface area contributed by atoms with Crippen LogP contribution >= 0.6 is 0 Å². The van der Waals surface area contributed by atoms with Gasteiger partial charge >= 0.3 is 12.0 Å². The van der Waals surface area contributed by atoms with Crippen molar-refractivity contribution in [1.82, 2.24) is 5.32 Å². The fourth-order valence-electron chi connectivity index (χ4n) is 1.45. The van der Waals surface area contributed by atoms with Crippen LogP contribution in [0.1, 0.15) is 20.3 Å². The van der Waals surface area contributed by atoms with Crippen LogP contribution in [0.25, 0.3) is 0 Å². The first-order valence-corrected chi connectivity index (χ1v) is 5.98. The minimum Gasteiger partial charge on any atom is -0.494 e. The summed E-state index contributed by atoms with van der Waals surface area (Å²) in [5.74, 6) is -1.71. The lowest BCUT2D eigenvalue weighted by atomic mass is 10.00. The highest BCUT2D eigenvalue weighted by molar-refractivity contribution is 5.93. The Hall–Kier alpha value is -2.31. The maximum Gasteiger partial charge on any atom is 0.329 e. The summed E-state index contributed by atoms with van der Waals surface area (Å²) in [6.07, 6.45) is 0.215. The summed E-state index contributed by atoms with van der Waals surface area (Å²) in [5, 5.41) is 13.7. The minimum atomic E-state index is -1.38. The van der Waals surface area contributed by atoms with E-state index >= 15 is 0 Å². The summed E-state index contributed by atoms with van der Waals surface area (Å²) in [5.41, 5.74) is -1.18. The summed E-state index contributed by atoms with van der Waals surface area (Å²) in [4.78, 5) is 22.8. The van der Waals surface area contributed by atoms with E-state index in [0.717, 1.165) is 6.07 Å². The van der Waals surface area contributed by atoms with Gasteiger partial charge in [-0.05, 0) is 25.5 Å². The Morgan fingerprint density at radius 1 is 1.45 bits per heavy atom. The van der Waals surface area contributed by atoms with Gasteiger partial charge in [0.15, 0.2) is 11.6 Å².